The lowest BCUT2D eigenvalue weighted by atomic mass is 10.3. The lowest BCUT2D eigenvalue weighted by molar-refractivity contribution is 1.19. The van der Waals surface area contributed by atoms with E-state index in [2.05, 4.69) is 17.1 Å². The molecule has 0 unspecified atom stereocenters. The van der Waals surface area contributed by atoms with Gasteiger partial charge in [0.05, 0.1) is 0 Å². The molecule has 0 aliphatic carbocycles. The van der Waals surface area contributed by atoms with Gasteiger partial charge in [0.2, 0.25) is 0 Å². The van der Waals surface area contributed by atoms with Gasteiger partial charge in [0.15, 0.2) is 0 Å². The molecule has 0 spiro atoms. The average molecular weight is 108 g/mol. The summed E-state index contributed by atoms with van der Waals surface area (Å²) in [4.78, 5) is 3.17. The van der Waals surface area contributed by atoms with E-state index >= 15 is 0 Å². The summed E-state index contributed by atoms with van der Waals surface area (Å²) in [6.07, 6.45) is 2.05. The molecule has 1 aromatic rings. The van der Waals surface area contributed by atoms with Crippen molar-refractivity contribution >= 4 is 0 Å². The van der Waals surface area contributed by atoms with E-state index in [1.54, 1.807) is 0 Å². The van der Waals surface area contributed by atoms with Gasteiger partial charge in [-0.25, -0.2) is 0 Å². The molecular formula is C7H10N. The Morgan fingerprint density at radius 1 is 1.50 bits per heavy atom. The van der Waals surface area contributed by atoms with Gasteiger partial charge in [-0.3, -0.25) is 0 Å². The first-order valence-electron chi connectivity index (χ1n) is 2.78. The summed E-state index contributed by atoms with van der Waals surface area (Å²) in [6.45, 7) is 4.07. The van der Waals surface area contributed by atoms with Crippen molar-refractivity contribution in [1.82, 2.24) is 4.98 Å². The van der Waals surface area contributed by atoms with Gasteiger partial charge in [-0.15, -0.1) is 0 Å². The van der Waals surface area contributed by atoms with Gasteiger partial charge in [-0.05, 0) is 19.1 Å². The number of rotatable bonds is 1. The van der Waals surface area contributed by atoms with Crippen molar-refractivity contribution in [2.75, 3.05) is 0 Å². The third kappa shape index (κ3) is 0.915. The summed E-state index contributed by atoms with van der Waals surface area (Å²) < 4.78 is 0. The van der Waals surface area contributed by atoms with Crippen LogP contribution in [0.5, 0.6) is 0 Å². The highest BCUT2D eigenvalue weighted by atomic mass is 14.7. The Hall–Kier alpha value is -0.720. The fraction of sp³-hybridized carbons (Fsp3) is 0.286. The van der Waals surface area contributed by atoms with Gasteiger partial charge in [0.25, 0.3) is 0 Å². The zero-order valence-corrected chi connectivity index (χ0v) is 5.23. The quantitative estimate of drug-likeness (QED) is 0.565. The first-order valence-corrected chi connectivity index (χ1v) is 2.78. The first kappa shape index (κ1) is 5.42. The number of nitrogens with one attached hydrogen (secondary N) is 1. The van der Waals surface area contributed by atoms with E-state index in [0.717, 1.165) is 0 Å². The monoisotopic (exact) mass is 108 g/mol. The van der Waals surface area contributed by atoms with E-state index in [-0.39, 0.29) is 0 Å². The maximum absolute atomic E-state index is 3.17. The molecule has 1 aromatic heterocycles. The second-order valence-electron chi connectivity index (χ2n) is 1.89. The van der Waals surface area contributed by atoms with Crippen molar-refractivity contribution in [3.8, 4) is 0 Å². The largest absolute Gasteiger partial charge is 0.362 e. The summed E-state index contributed by atoms with van der Waals surface area (Å²) in [5.74, 6) is 0. The number of hydrogen-bond donors (Lipinski definition) is 1. The van der Waals surface area contributed by atoms with Crippen molar-refractivity contribution in [2.45, 2.75) is 13.8 Å². The molecule has 43 valence electrons. The van der Waals surface area contributed by atoms with Crippen LogP contribution >= 0.6 is 0 Å². The van der Waals surface area contributed by atoms with Crippen LogP contribution in [0.1, 0.15) is 18.3 Å². The highest BCUT2D eigenvalue weighted by Gasteiger charge is 1.87. The maximum Gasteiger partial charge on any atom is 0.0184 e. The molecule has 0 aliphatic heterocycles. The molecule has 0 saturated heterocycles. The third-order valence-corrected chi connectivity index (χ3v) is 1.17. The van der Waals surface area contributed by atoms with Crippen LogP contribution in [0.4, 0.5) is 0 Å². The number of hydrogen-bond acceptors (Lipinski definition) is 0. The zero-order chi connectivity index (χ0) is 5.98. The minimum Gasteiger partial charge on any atom is -0.362 e. The van der Waals surface area contributed by atoms with Gasteiger partial charge >= 0.3 is 0 Å². The predicted octanol–water partition coefficient (Wildman–Crippen LogP) is 1.90. The highest BCUT2D eigenvalue weighted by Crippen LogP contribution is 2.00. The topological polar surface area (TPSA) is 15.8 Å². The fourth-order valence-corrected chi connectivity index (χ4v) is 0.694. The molecule has 0 amide bonds. The molecule has 1 heterocycles. The van der Waals surface area contributed by atoms with E-state index in [1.165, 1.54) is 11.4 Å². The van der Waals surface area contributed by atoms with Crippen LogP contribution in [0.3, 0.4) is 0 Å². The van der Waals surface area contributed by atoms with Gasteiger partial charge in [-0.2, -0.15) is 0 Å². The van der Waals surface area contributed by atoms with Gasteiger partial charge in [0, 0.05) is 17.8 Å². The van der Waals surface area contributed by atoms with E-state index in [1.807, 2.05) is 20.3 Å². The lowest BCUT2D eigenvalue weighted by Crippen LogP contribution is -1.74. The van der Waals surface area contributed by atoms with Crippen LogP contribution in [0.2, 0.25) is 0 Å². The lowest BCUT2D eigenvalue weighted by Gasteiger charge is -1.84. The summed E-state index contributed by atoms with van der Waals surface area (Å²) in [6, 6.07) is 4.13. The maximum atomic E-state index is 3.17. The fourth-order valence-electron chi connectivity index (χ4n) is 0.694. The van der Waals surface area contributed by atoms with Crippen molar-refractivity contribution in [1.29, 1.82) is 0 Å². The van der Waals surface area contributed by atoms with Crippen LogP contribution < -0.4 is 0 Å². The normalized spacial score (nSPS) is 9.75. The van der Waals surface area contributed by atoms with E-state index in [9.17, 15) is 0 Å². The number of aryl methyl sites for hydroxylation is 1. The van der Waals surface area contributed by atoms with Crippen LogP contribution in [-0.4, -0.2) is 4.98 Å². The summed E-state index contributed by atoms with van der Waals surface area (Å²) in [5, 5.41) is 0. The van der Waals surface area contributed by atoms with Gasteiger partial charge in [-0.1, -0.05) is 6.92 Å². The van der Waals surface area contributed by atoms with Crippen molar-refractivity contribution < 1.29 is 0 Å². The van der Waals surface area contributed by atoms with E-state index in [4.69, 9.17) is 0 Å². The molecule has 1 nitrogen and oxygen atoms in total. The summed E-state index contributed by atoms with van der Waals surface area (Å²) >= 11 is 0. The van der Waals surface area contributed by atoms with Crippen molar-refractivity contribution in [3.63, 3.8) is 0 Å². The summed E-state index contributed by atoms with van der Waals surface area (Å²) in [7, 11) is 0. The molecule has 0 bridgehead atoms. The number of aromatic nitrogens is 1. The SMILES string of the molecule is C[CH]c1ccc(C)[nH]1. The molecule has 1 N–H and O–H groups in total. The second-order valence-corrected chi connectivity index (χ2v) is 1.89. The Bertz CT molecular complexity index is 165. The summed E-state index contributed by atoms with van der Waals surface area (Å²) in [5.41, 5.74) is 2.42. The number of aromatic amines is 1. The van der Waals surface area contributed by atoms with Crippen LogP contribution in [0, 0.1) is 13.3 Å². The molecule has 1 radical (unpaired) electrons. The smallest absolute Gasteiger partial charge is 0.0184 e. The van der Waals surface area contributed by atoms with Gasteiger partial charge in [0.1, 0.15) is 0 Å². The molecule has 1 rings (SSSR count). The molecule has 1 heteroatoms. The minimum atomic E-state index is 1.20. The van der Waals surface area contributed by atoms with E-state index < -0.39 is 0 Å². The minimum absolute atomic E-state index is 1.20. The molecular weight excluding hydrogens is 98.1 g/mol. The molecule has 0 saturated carbocycles. The number of H-pyrrole nitrogens is 1. The Kier molecular flexibility index (Phi) is 1.38. The molecule has 0 fully saturated rings. The zero-order valence-electron chi connectivity index (χ0n) is 5.23. The third-order valence-electron chi connectivity index (χ3n) is 1.17. The first-order chi connectivity index (χ1) is 3.83. The molecule has 8 heavy (non-hydrogen) atoms. The standard InChI is InChI=1S/C7H10N/c1-3-7-5-4-6(2)8-7/h3-5,8H,1-2H3. The predicted molar refractivity (Wildman–Crippen MR) is 34.6 cm³/mol. The Morgan fingerprint density at radius 2 is 2.25 bits per heavy atom. The molecule has 0 aromatic carbocycles. The Balaban J connectivity index is 2.84. The second kappa shape index (κ2) is 2.03. The van der Waals surface area contributed by atoms with Crippen molar-refractivity contribution in [3.05, 3.63) is 29.9 Å². The average Bonchev–Trinajstić information content (AvgIpc) is 2.14. The molecule has 0 atom stereocenters. The van der Waals surface area contributed by atoms with Gasteiger partial charge < -0.3 is 4.98 Å². The Morgan fingerprint density at radius 3 is 2.50 bits per heavy atom. The van der Waals surface area contributed by atoms with Crippen LogP contribution in [0.15, 0.2) is 12.1 Å². The van der Waals surface area contributed by atoms with Crippen LogP contribution in [-0.2, 0) is 0 Å². The van der Waals surface area contributed by atoms with E-state index in [0.29, 0.717) is 0 Å². The Labute approximate surface area is 49.7 Å². The van der Waals surface area contributed by atoms with Crippen LogP contribution in [0.25, 0.3) is 0 Å². The molecule has 0 aliphatic rings. The highest BCUT2D eigenvalue weighted by molar-refractivity contribution is 5.16. The van der Waals surface area contributed by atoms with Crippen molar-refractivity contribution in [2.24, 2.45) is 0 Å².